The van der Waals surface area contributed by atoms with E-state index in [4.69, 9.17) is 14.5 Å². The zero-order valence-electron chi connectivity index (χ0n) is 16.8. The number of ether oxygens (including phenoxy) is 2. The van der Waals surface area contributed by atoms with Gasteiger partial charge in [0.2, 0.25) is 6.79 Å². The largest absolute Gasteiger partial charge is 0.454 e. The molecule has 9 heteroatoms. The van der Waals surface area contributed by atoms with Crippen LogP contribution < -0.4 is 9.47 Å². The Kier molecular flexibility index (Phi) is 5.26. The van der Waals surface area contributed by atoms with Crippen LogP contribution in [0.15, 0.2) is 40.2 Å². The number of rotatable bonds is 6. The quantitative estimate of drug-likeness (QED) is 0.330. The SMILES string of the molecule is Cc1cc(-c2nnc(SCc3csc(-c4ccc5c(c4)OCO5)n3)n2C(C)C)cs1. The van der Waals surface area contributed by atoms with Gasteiger partial charge in [-0.1, -0.05) is 11.8 Å². The molecule has 0 saturated heterocycles. The van der Waals surface area contributed by atoms with E-state index in [0.29, 0.717) is 0 Å². The summed E-state index contributed by atoms with van der Waals surface area (Å²) in [5.74, 6) is 3.24. The van der Waals surface area contributed by atoms with Gasteiger partial charge in [0, 0.05) is 38.6 Å². The van der Waals surface area contributed by atoms with Gasteiger partial charge in [-0.2, -0.15) is 0 Å². The maximum Gasteiger partial charge on any atom is 0.231 e. The average Bonchev–Trinajstić information content (AvgIpc) is 3.50. The second-order valence-corrected chi connectivity index (χ2v) is 10.1. The van der Waals surface area contributed by atoms with Crippen molar-refractivity contribution in [2.45, 2.75) is 37.7 Å². The van der Waals surface area contributed by atoms with Crippen LogP contribution in [0.25, 0.3) is 22.0 Å². The van der Waals surface area contributed by atoms with Crippen LogP contribution in [0.2, 0.25) is 0 Å². The molecule has 154 valence electrons. The summed E-state index contributed by atoms with van der Waals surface area (Å²) in [7, 11) is 0. The van der Waals surface area contributed by atoms with Crippen LogP contribution in [0.4, 0.5) is 0 Å². The molecule has 5 rings (SSSR count). The van der Waals surface area contributed by atoms with Crippen molar-refractivity contribution >= 4 is 34.4 Å². The minimum Gasteiger partial charge on any atom is -0.454 e. The summed E-state index contributed by atoms with van der Waals surface area (Å²) in [6, 6.07) is 8.39. The Morgan fingerprint density at radius 2 is 1.93 bits per heavy atom. The highest BCUT2D eigenvalue weighted by Crippen LogP contribution is 2.37. The van der Waals surface area contributed by atoms with Crippen molar-refractivity contribution < 1.29 is 9.47 Å². The minimum absolute atomic E-state index is 0.275. The molecule has 0 spiro atoms. The van der Waals surface area contributed by atoms with E-state index in [2.05, 4.69) is 52.4 Å². The van der Waals surface area contributed by atoms with Gasteiger partial charge in [0.1, 0.15) is 5.01 Å². The van der Waals surface area contributed by atoms with E-state index in [1.807, 2.05) is 18.2 Å². The molecular weight excluding hydrogens is 436 g/mol. The third-order valence-corrected chi connectivity index (χ3v) is 7.47. The van der Waals surface area contributed by atoms with Crippen molar-refractivity contribution in [2.24, 2.45) is 0 Å². The topological polar surface area (TPSA) is 62.1 Å². The first-order valence-electron chi connectivity index (χ1n) is 9.56. The summed E-state index contributed by atoms with van der Waals surface area (Å²) in [5, 5.41) is 15.1. The first-order chi connectivity index (χ1) is 14.6. The van der Waals surface area contributed by atoms with Crippen LogP contribution >= 0.6 is 34.4 Å². The van der Waals surface area contributed by atoms with Gasteiger partial charge in [0.25, 0.3) is 0 Å². The lowest BCUT2D eigenvalue weighted by molar-refractivity contribution is 0.174. The lowest BCUT2D eigenvalue weighted by Crippen LogP contribution is -2.04. The van der Waals surface area contributed by atoms with Crippen LogP contribution in [0.1, 0.15) is 30.5 Å². The smallest absolute Gasteiger partial charge is 0.231 e. The highest BCUT2D eigenvalue weighted by Gasteiger charge is 2.19. The molecule has 1 aromatic carbocycles. The molecule has 0 bridgehead atoms. The first kappa shape index (κ1) is 19.6. The molecule has 0 unspecified atom stereocenters. The van der Waals surface area contributed by atoms with Crippen LogP contribution in [0.3, 0.4) is 0 Å². The number of thiophene rings is 1. The minimum atomic E-state index is 0.275. The van der Waals surface area contributed by atoms with E-state index >= 15 is 0 Å². The Labute approximate surface area is 186 Å². The molecule has 0 atom stereocenters. The van der Waals surface area contributed by atoms with Gasteiger partial charge in [0.15, 0.2) is 22.5 Å². The fraction of sp³-hybridized carbons (Fsp3) is 0.286. The number of hydrogen-bond acceptors (Lipinski definition) is 8. The van der Waals surface area contributed by atoms with Gasteiger partial charge in [-0.15, -0.1) is 32.9 Å². The van der Waals surface area contributed by atoms with E-state index in [9.17, 15) is 0 Å². The Hall–Kier alpha value is -2.36. The maximum absolute atomic E-state index is 5.48. The number of thioether (sulfide) groups is 1. The van der Waals surface area contributed by atoms with Crippen LogP contribution in [-0.2, 0) is 5.75 Å². The fourth-order valence-electron chi connectivity index (χ4n) is 3.27. The van der Waals surface area contributed by atoms with E-state index in [1.165, 1.54) is 4.88 Å². The van der Waals surface area contributed by atoms with Gasteiger partial charge < -0.3 is 9.47 Å². The number of benzene rings is 1. The van der Waals surface area contributed by atoms with Gasteiger partial charge in [-0.3, -0.25) is 4.57 Å². The van der Waals surface area contributed by atoms with E-state index < -0.39 is 0 Å². The van der Waals surface area contributed by atoms with Crippen molar-refractivity contribution in [1.29, 1.82) is 0 Å². The Bertz CT molecular complexity index is 1190. The summed E-state index contributed by atoms with van der Waals surface area (Å²) in [6.45, 7) is 6.72. The Morgan fingerprint density at radius 3 is 2.73 bits per heavy atom. The van der Waals surface area contributed by atoms with Gasteiger partial charge in [-0.05, 0) is 45.0 Å². The first-order valence-corrected chi connectivity index (χ1v) is 12.3. The van der Waals surface area contributed by atoms with Crippen molar-refractivity contribution in [2.75, 3.05) is 6.79 Å². The zero-order chi connectivity index (χ0) is 20.7. The molecule has 3 aromatic heterocycles. The lowest BCUT2D eigenvalue weighted by Gasteiger charge is -2.12. The number of aromatic nitrogens is 4. The molecule has 30 heavy (non-hydrogen) atoms. The molecule has 0 saturated carbocycles. The summed E-state index contributed by atoms with van der Waals surface area (Å²) in [6.07, 6.45) is 0. The summed E-state index contributed by atoms with van der Waals surface area (Å²) in [4.78, 5) is 6.08. The third-order valence-electron chi connectivity index (χ3n) is 4.69. The maximum atomic E-state index is 5.48. The Morgan fingerprint density at radius 1 is 1.07 bits per heavy atom. The van der Waals surface area contributed by atoms with Crippen LogP contribution in [0, 0.1) is 6.92 Å². The second kappa shape index (κ2) is 8.05. The van der Waals surface area contributed by atoms with Crippen molar-refractivity contribution in [3.05, 3.63) is 45.6 Å². The number of hydrogen-bond donors (Lipinski definition) is 0. The van der Waals surface area contributed by atoms with E-state index in [0.717, 1.165) is 50.1 Å². The summed E-state index contributed by atoms with van der Waals surface area (Å²) >= 11 is 5.04. The second-order valence-electron chi connectivity index (χ2n) is 7.22. The fourth-order valence-corrected chi connectivity index (χ4v) is 5.84. The van der Waals surface area contributed by atoms with E-state index in [-0.39, 0.29) is 12.8 Å². The zero-order valence-corrected chi connectivity index (χ0v) is 19.2. The Balaban J connectivity index is 1.34. The molecule has 1 aliphatic rings. The summed E-state index contributed by atoms with van der Waals surface area (Å²) < 4.78 is 13.1. The number of thiazole rings is 1. The van der Waals surface area contributed by atoms with Crippen molar-refractivity contribution in [3.63, 3.8) is 0 Å². The molecule has 4 aromatic rings. The molecule has 4 heterocycles. The normalized spacial score (nSPS) is 12.8. The molecule has 0 N–H and O–H groups in total. The van der Waals surface area contributed by atoms with Gasteiger partial charge in [-0.25, -0.2) is 4.98 Å². The number of nitrogens with zero attached hydrogens (tertiary/aromatic N) is 4. The van der Waals surface area contributed by atoms with Crippen LogP contribution in [0.5, 0.6) is 11.5 Å². The average molecular weight is 457 g/mol. The highest BCUT2D eigenvalue weighted by molar-refractivity contribution is 7.98. The molecule has 6 nitrogen and oxygen atoms in total. The lowest BCUT2D eigenvalue weighted by atomic mass is 10.2. The van der Waals surface area contributed by atoms with E-state index in [1.54, 1.807) is 34.4 Å². The van der Waals surface area contributed by atoms with Crippen molar-refractivity contribution in [3.8, 4) is 33.5 Å². The molecule has 0 fully saturated rings. The monoisotopic (exact) mass is 456 g/mol. The number of aryl methyl sites for hydroxylation is 1. The van der Waals surface area contributed by atoms with Gasteiger partial charge >= 0.3 is 0 Å². The number of fused-ring (bicyclic) bond motifs is 1. The van der Waals surface area contributed by atoms with Crippen molar-refractivity contribution in [1.82, 2.24) is 19.7 Å². The summed E-state index contributed by atoms with van der Waals surface area (Å²) in [5.41, 5.74) is 3.20. The molecule has 0 radical (unpaired) electrons. The standard InChI is InChI=1S/C21H20N4O2S3/c1-12(2)25-19(15-6-13(3)28-8-15)23-24-21(25)30-10-16-9-29-20(22-16)14-4-5-17-18(7-14)27-11-26-17/h4-9,12H,10-11H2,1-3H3. The van der Waals surface area contributed by atoms with Crippen LogP contribution in [-0.4, -0.2) is 26.5 Å². The van der Waals surface area contributed by atoms with Gasteiger partial charge in [0.05, 0.1) is 5.69 Å². The molecular formula is C21H20N4O2S3. The predicted molar refractivity (Wildman–Crippen MR) is 122 cm³/mol. The predicted octanol–water partition coefficient (Wildman–Crippen LogP) is 6.04. The molecule has 1 aliphatic heterocycles. The molecule has 0 amide bonds. The molecule has 0 aliphatic carbocycles. The highest BCUT2D eigenvalue weighted by atomic mass is 32.2. The third kappa shape index (κ3) is 3.73.